The molecule has 2 heterocycles. The molecule has 5 nitrogen and oxygen atoms in total. The third kappa shape index (κ3) is 3.04. The zero-order valence-electron chi connectivity index (χ0n) is 11.5. The molecule has 0 aromatic carbocycles. The molecule has 2 fully saturated rings. The standard InChI is InChI=1S/C13H16F3N3O2/c1-19-5-8(13(14,15)16)10(6-19)17-12(20)9-4-11(21-18-9)7-2-3-7/h4,7-8,10H,2-3,5-6H2,1H3,(H,17,20)/t8-,10-/m1/s1. The van der Waals surface area contributed by atoms with Gasteiger partial charge in [-0.05, 0) is 19.9 Å². The number of amides is 1. The van der Waals surface area contributed by atoms with Crippen molar-refractivity contribution in [2.24, 2.45) is 5.92 Å². The molecule has 1 saturated heterocycles. The maximum Gasteiger partial charge on any atom is 0.395 e. The van der Waals surface area contributed by atoms with Gasteiger partial charge < -0.3 is 14.7 Å². The first-order chi connectivity index (χ1) is 9.84. The van der Waals surface area contributed by atoms with Crippen molar-refractivity contribution in [3.05, 3.63) is 17.5 Å². The summed E-state index contributed by atoms with van der Waals surface area (Å²) in [5.41, 5.74) is 0.0485. The number of likely N-dealkylation sites (N-methyl/N-ethyl adjacent to an activating group) is 1. The first-order valence-electron chi connectivity index (χ1n) is 6.87. The third-order valence-corrected chi connectivity index (χ3v) is 3.98. The van der Waals surface area contributed by atoms with Crippen molar-refractivity contribution in [1.82, 2.24) is 15.4 Å². The average Bonchev–Trinajstić information content (AvgIpc) is 2.98. The molecule has 0 unspecified atom stereocenters. The highest BCUT2D eigenvalue weighted by Gasteiger charge is 2.49. The predicted octanol–water partition coefficient (Wildman–Crippen LogP) is 1.77. The van der Waals surface area contributed by atoms with Crippen LogP contribution < -0.4 is 5.32 Å². The van der Waals surface area contributed by atoms with E-state index in [0.717, 1.165) is 12.8 Å². The smallest absolute Gasteiger partial charge is 0.360 e. The molecule has 2 aliphatic rings. The van der Waals surface area contributed by atoms with Crippen LogP contribution in [0, 0.1) is 5.92 Å². The summed E-state index contributed by atoms with van der Waals surface area (Å²) in [6.07, 6.45) is -2.33. The minimum atomic E-state index is -4.33. The van der Waals surface area contributed by atoms with Crippen molar-refractivity contribution in [2.75, 3.05) is 20.1 Å². The van der Waals surface area contributed by atoms with Gasteiger partial charge in [-0.2, -0.15) is 13.2 Å². The van der Waals surface area contributed by atoms with Gasteiger partial charge in [-0.15, -0.1) is 0 Å². The second kappa shape index (κ2) is 5.01. The van der Waals surface area contributed by atoms with Crippen molar-refractivity contribution in [3.63, 3.8) is 0 Å². The molecule has 21 heavy (non-hydrogen) atoms. The Morgan fingerprint density at radius 1 is 1.43 bits per heavy atom. The minimum absolute atomic E-state index is 0.0485. The van der Waals surface area contributed by atoms with Crippen LogP contribution in [0.25, 0.3) is 0 Å². The van der Waals surface area contributed by atoms with E-state index in [2.05, 4.69) is 10.5 Å². The predicted molar refractivity (Wildman–Crippen MR) is 66.8 cm³/mol. The zero-order chi connectivity index (χ0) is 15.2. The molecule has 0 radical (unpaired) electrons. The van der Waals surface area contributed by atoms with E-state index >= 15 is 0 Å². The van der Waals surface area contributed by atoms with Crippen LogP contribution in [-0.2, 0) is 0 Å². The summed E-state index contributed by atoms with van der Waals surface area (Å²) >= 11 is 0. The Kier molecular flexibility index (Phi) is 3.43. The topological polar surface area (TPSA) is 58.4 Å². The van der Waals surface area contributed by atoms with Crippen molar-refractivity contribution in [3.8, 4) is 0 Å². The Bertz CT molecular complexity index is 539. The maximum atomic E-state index is 12.9. The average molecular weight is 303 g/mol. The molecule has 3 rings (SSSR count). The molecule has 8 heteroatoms. The largest absolute Gasteiger partial charge is 0.395 e. The van der Waals surface area contributed by atoms with E-state index in [1.54, 1.807) is 11.9 Å². The fourth-order valence-corrected chi connectivity index (χ4v) is 2.68. The zero-order valence-corrected chi connectivity index (χ0v) is 11.5. The molecule has 116 valence electrons. The molecule has 2 atom stereocenters. The Balaban J connectivity index is 1.67. The van der Waals surface area contributed by atoms with Gasteiger partial charge in [0.15, 0.2) is 5.69 Å². The minimum Gasteiger partial charge on any atom is -0.360 e. The van der Waals surface area contributed by atoms with Crippen LogP contribution in [0.2, 0.25) is 0 Å². The molecule has 1 aromatic heterocycles. The van der Waals surface area contributed by atoms with Crippen molar-refractivity contribution in [2.45, 2.75) is 31.0 Å². The van der Waals surface area contributed by atoms with Gasteiger partial charge in [-0.25, -0.2) is 0 Å². The third-order valence-electron chi connectivity index (χ3n) is 3.98. The van der Waals surface area contributed by atoms with Gasteiger partial charge in [-0.1, -0.05) is 5.16 Å². The van der Waals surface area contributed by atoms with E-state index in [1.165, 1.54) is 6.07 Å². The van der Waals surface area contributed by atoms with E-state index < -0.39 is 24.0 Å². The number of aromatic nitrogens is 1. The highest BCUT2D eigenvalue weighted by atomic mass is 19.4. The van der Waals surface area contributed by atoms with Gasteiger partial charge in [0.1, 0.15) is 5.76 Å². The number of likely N-dealkylation sites (tertiary alicyclic amines) is 1. The number of hydrogen-bond donors (Lipinski definition) is 1. The molecule has 1 amide bonds. The molecule has 1 N–H and O–H groups in total. The summed E-state index contributed by atoms with van der Waals surface area (Å²) in [6.45, 7) is 0.0594. The highest BCUT2D eigenvalue weighted by molar-refractivity contribution is 5.92. The Morgan fingerprint density at radius 3 is 2.76 bits per heavy atom. The molecular weight excluding hydrogens is 287 g/mol. The fourth-order valence-electron chi connectivity index (χ4n) is 2.68. The van der Waals surface area contributed by atoms with Gasteiger partial charge in [0, 0.05) is 25.1 Å². The van der Waals surface area contributed by atoms with Gasteiger partial charge in [0.25, 0.3) is 5.91 Å². The number of carbonyl (C=O) groups excluding carboxylic acids is 1. The van der Waals surface area contributed by atoms with E-state index in [-0.39, 0.29) is 18.8 Å². The molecule has 1 aromatic rings. The lowest BCUT2D eigenvalue weighted by Gasteiger charge is -2.21. The number of alkyl halides is 3. The van der Waals surface area contributed by atoms with Crippen molar-refractivity contribution >= 4 is 5.91 Å². The molecule has 1 aliphatic carbocycles. The Morgan fingerprint density at radius 2 is 2.14 bits per heavy atom. The van der Waals surface area contributed by atoms with Gasteiger partial charge in [0.05, 0.1) is 12.0 Å². The number of nitrogens with one attached hydrogen (secondary N) is 1. The van der Waals surface area contributed by atoms with Crippen LogP contribution in [0.3, 0.4) is 0 Å². The summed E-state index contributed by atoms with van der Waals surface area (Å²) < 4.78 is 43.9. The second-order valence-corrected chi connectivity index (χ2v) is 5.84. The SMILES string of the molecule is CN1C[C@@H](C(F)(F)F)[C@H](NC(=O)c2cc(C3CC3)on2)C1. The van der Waals surface area contributed by atoms with Gasteiger partial charge in [0.2, 0.25) is 0 Å². The van der Waals surface area contributed by atoms with Crippen molar-refractivity contribution < 1.29 is 22.5 Å². The molecular formula is C13H16F3N3O2. The number of carbonyl (C=O) groups is 1. The van der Waals surface area contributed by atoms with E-state index in [4.69, 9.17) is 4.52 Å². The second-order valence-electron chi connectivity index (χ2n) is 5.84. The number of halogens is 3. The van der Waals surface area contributed by atoms with Crippen LogP contribution in [0.4, 0.5) is 13.2 Å². The van der Waals surface area contributed by atoms with E-state index in [0.29, 0.717) is 11.7 Å². The van der Waals surface area contributed by atoms with E-state index in [9.17, 15) is 18.0 Å². The quantitative estimate of drug-likeness (QED) is 0.924. The van der Waals surface area contributed by atoms with Crippen LogP contribution >= 0.6 is 0 Å². The van der Waals surface area contributed by atoms with Crippen LogP contribution in [0.15, 0.2) is 10.6 Å². The maximum absolute atomic E-state index is 12.9. The van der Waals surface area contributed by atoms with Crippen LogP contribution in [0.1, 0.15) is 35.0 Å². The molecule has 0 bridgehead atoms. The number of nitrogens with zero attached hydrogens (tertiary/aromatic N) is 2. The summed E-state index contributed by atoms with van der Waals surface area (Å²) in [5, 5.41) is 6.08. The first-order valence-corrected chi connectivity index (χ1v) is 6.87. The monoisotopic (exact) mass is 303 g/mol. The highest BCUT2D eigenvalue weighted by Crippen LogP contribution is 2.40. The summed E-state index contributed by atoms with van der Waals surface area (Å²) in [7, 11) is 1.60. The first kappa shape index (κ1) is 14.4. The lowest BCUT2D eigenvalue weighted by atomic mass is 10.0. The summed E-state index contributed by atoms with van der Waals surface area (Å²) in [5.74, 6) is -1.22. The molecule has 1 aliphatic heterocycles. The normalized spacial score (nSPS) is 27.0. The lowest BCUT2D eigenvalue weighted by Crippen LogP contribution is -2.45. The number of hydrogen-bond acceptors (Lipinski definition) is 4. The Labute approximate surface area is 119 Å². The molecule has 0 spiro atoms. The van der Waals surface area contributed by atoms with Crippen LogP contribution in [-0.4, -0.2) is 48.3 Å². The number of rotatable bonds is 3. The van der Waals surface area contributed by atoms with E-state index in [1.807, 2.05) is 0 Å². The van der Waals surface area contributed by atoms with Gasteiger partial charge >= 0.3 is 6.18 Å². The van der Waals surface area contributed by atoms with Crippen LogP contribution in [0.5, 0.6) is 0 Å². The summed E-state index contributed by atoms with van der Waals surface area (Å²) in [4.78, 5) is 13.6. The van der Waals surface area contributed by atoms with Gasteiger partial charge in [-0.3, -0.25) is 4.79 Å². The lowest BCUT2D eigenvalue weighted by molar-refractivity contribution is -0.174. The Hall–Kier alpha value is -1.57. The summed E-state index contributed by atoms with van der Waals surface area (Å²) in [6, 6.07) is 0.567. The van der Waals surface area contributed by atoms with Crippen molar-refractivity contribution in [1.29, 1.82) is 0 Å². The fraction of sp³-hybridized carbons (Fsp3) is 0.692. The molecule has 1 saturated carbocycles.